The molecule has 4 aromatic rings. The largest absolute Gasteiger partial charge is 0.506 e. The van der Waals surface area contributed by atoms with Crippen LogP contribution in [-0.2, 0) is 4.79 Å². The number of halogens is 2. The fourth-order valence-electron chi connectivity index (χ4n) is 6.34. The van der Waals surface area contributed by atoms with E-state index in [1.165, 1.54) is 39.7 Å². The number of carbonyl (C=O) groups is 1. The highest BCUT2D eigenvalue weighted by atomic mass is 79.9. The fourth-order valence-corrected chi connectivity index (χ4v) is 8.43. The van der Waals surface area contributed by atoms with Crippen LogP contribution in [0.5, 0.6) is 5.75 Å². The normalized spacial score (nSPS) is 21.5. The number of anilines is 1. The van der Waals surface area contributed by atoms with Crippen molar-refractivity contribution in [1.82, 2.24) is 5.32 Å². The van der Waals surface area contributed by atoms with Crippen LogP contribution in [0.1, 0.15) is 52.5 Å². The van der Waals surface area contributed by atoms with E-state index in [0.29, 0.717) is 20.1 Å². The van der Waals surface area contributed by atoms with Gasteiger partial charge in [-0.3, -0.25) is 4.79 Å². The van der Waals surface area contributed by atoms with Crippen LogP contribution in [0.25, 0.3) is 6.08 Å². The third-order valence-corrected chi connectivity index (χ3v) is 10.2. The van der Waals surface area contributed by atoms with Crippen LogP contribution >= 0.6 is 43.6 Å². The molecule has 3 aliphatic heterocycles. The molecule has 7 rings (SSSR count). The molecule has 0 unspecified atom stereocenters. The first-order chi connectivity index (χ1) is 20.4. The molecule has 0 spiro atoms. The van der Waals surface area contributed by atoms with E-state index in [2.05, 4.69) is 115 Å². The Morgan fingerprint density at radius 1 is 0.881 bits per heavy atom. The van der Waals surface area contributed by atoms with Gasteiger partial charge in [-0.1, -0.05) is 76.6 Å². The van der Waals surface area contributed by atoms with Crippen molar-refractivity contribution in [2.75, 3.05) is 18.0 Å². The predicted molar refractivity (Wildman–Crippen MR) is 179 cm³/mol. The smallest absolute Gasteiger partial charge is 0.264 e. The second-order valence-electron chi connectivity index (χ2n) is 10.8. The molecule has 1 amide bonds. The number of phenolic OH excluding ortho intramolecular Hbond substituents is 1. The highest BCUT2D eigenvalue weighted by Gasteiger charge is 2.35. The number of phenols is 1. The average molecular weight is 701 g/mol. The molecule has 3 heterocycles. The lowest BCUT2D eigenvalue weighted by Gasteiger charge is -2.43. The minimum absolute atomic E-state index is 0.0849. The molecule has 2 N–H and O–H groups in total. The zero-order chi connectivity index (χ0) is 28.8. The Kier molecular flexibility index (Phi) is 7.46. The number of benzene rings is 4. The first-order valence-electron chi connectivity index (χ1n) is 13.9. The summed E-state index contributed by atoms with van der Waals surface area (Å²) in [6.45, 7) is 2.07. The van der Waals surface area contributed by atoms with Gasteiger partial charge >= 0.3 is 0 Å². The summed E-state index contributed by atoms with van der Waals surface area (Å²) >= 11 is 8.12. The van der Waals surface area contributed by atoms with E-state index < -0.39 is 0 Å². The van der Waals surface area contributed by atoms with Crippen molar-refractivity contribution < 1.29 is 9.90 Å². The van der Waals surface area contributed by atoms with Crippen LogP contribution in [0.3, 0.4) is 0 Å². The SMILES string of the molecule is O=C1NC(=Nc2cc3c4c(c2)[C@H](c2ccccc2)CCN4CC[C@@H]3c2ccccc2)S/C1=C\c1cc(Br)cc(Br)c1O. The Morgan fingerprint density at radius 3 is 2.07 bits per heavy atom. The molecule has 42 heavy (non-hydrogen) atoms. The van der Waals surface area contributed by atoms with Gasteiger partial charge in [0, 0.05) is 40.6 Å². The molecule has 0 aliphatic carbocycles. The standard InChI is InChI=1S/C34H27Br2N3O2S/c35-23-15-22(32(40)29(36)17-23)16-30-33(41)38-34(42-30)37-24-18-27-25(20-7-3-1-4-8-20)11-13-39-14-12-26(28(19-24)31(27)39)21-9-5-2-6-10-21/h1-10,15-19,25-26,40H,11-14H2,(H,37,38,41)/b30-16-/t25-,26+. The molecule has 5 nitrogen and oxygen atoms in total. The Morgan fingerprint density at radius 2 is 1.48 bits per heavy atom. The van der Waals surface area contributed by atoms with Gasteiger partial charge in [-0.2, -0.15) is 0 Å². The maximum absolute atomic E-state index is 12.9. The van der Waals surface area contributed by atoms with E-state index in [1.807, 2.05) is 0 Å². The van der Waals surface area contributed by atoms with Crippen molar-refractivity contribution in [3.63, 3.8) is 0 Å². The third kappa shape index (κ3) is 5.21. The van der Waals surface area contributed by atoms with Crippen LogP contribution in [0.4, 0.5) is 11.4 Å². The number of hydrogen-bond donors (Lipinski definition) is 2. The van der Waals surface area contributed by atoms with Gasteiger partial charge in [-0.05, 0) is 93.1 Å². The van der Waals surface area contributed by atoms with Crippen molar-refractivity contribution in [1.29, 1.82) is 0 Å². The van der Waals surface area contributed by atoms with E-state index in [0.717, 1.165) is 36.1 Å². The third-order valence-electron chi connectivity index (χ3n) is 8.23. The lowest BCUT2D eigenvalue weighted by atomic mass is 9.76. The van der Waals surface area contributed by atoms with Gasteiger partial charge in [0.1, 0.15) is 5.75 Å². The molecule has 3 aliphatic rings. The lowest BCUT2D eigenvalue weighted by Crippen LogP contribution is -2.37. The quantitative estimate of drug-likeness (QED) is 0.209. The summed E-state index contributed by atoms with van der Waals surface area (Å²) in [6.07, 6.45) is 3.80. The van der Waals surface area contributed by atoms with E-state index in [-0.39, 0.29) is 23.5 Å². The van der Waals surface area contributed by atoms with Crippen LogP contribution in [-0.4, -0.2) is 29.3 Å². The first kappa shape index (κ1) is 27.5. The number of thioether (sulfide) groups is 1. The fraction of sp³-hybridized carbons (Fsp3) is 0.176. The maximum Gasteiger partial charge on any atom is 0.264 e. The van der Waals surface area contributed by atoms with Gasteiger partial charge in [-0.25, -0.2) is 4.99 Å². The number of amidine groups is 1. The maximum atomic E-state index is 12.9. The molecule has 8 heteroatoms. The van der Waals surface area contributed by atoms with Gasteiger partial charge < -0.3 is 15.3 Å². The molecule has 1 saturated heterocycles. The van der Waals surface area contributed by atoms with Gasteiger partial charge in [0.25, 0.3) is 5.91 Å². The second kappa shape index (κ2) is 11.4. The van der Waals surface area contributed by atoms with Gasteiger partial charge in [0.15, 0.2) is 5.17 Å². The molecule has 0 radical (unpaired) electrons. The minimum atomic E-state index is -0.232. The van der Waals surface area contributed by atoms with Crippen molar-refractivity contribution in [2.24, 2.45) is 4.99 Å². The Hall–Kier alpha value is -3.33. The number of nitrogens with one attached hydrogen (secondary N) is 1. The topological polar surface area (TPSA) is 64.9 Å². The van der Waals surface area contributed by atoms with Crippen LogP contribution in [0.15, 0.2) is 104 Å². The Labute approximate surface area is 266 Å². The van der Waals surface area contributed by atoms with Crippen molar-refractivity contribution in [3.05, 3.63) is 127 Å². The molecule has 2 atom stereocenters. The molecular formula is C34H27Br2N3O2S. The van der Waals surface area contributed by atoms with Crippen molar-refractivity contribution in [3.8, 4) is 5.75 Å². The number of rotatable bonds is 4. The Bertz CT molecular complexity index is 1690. The van der Waals surface area contributed by atoms with Gasteiger partial charge in [-0.15, -0.1) is 0 Å². The van der Waals surface area contributed by atoms with E-state index >= 15 is 0 Å². The summed E-state index contributed by atoms with van der Waals surface area (Å²) in [5.74, 6) is 0.418. The van der Waals surface area contributed by atoms with Crippen LogP contribution in [0.2, 0.25) is 0 Å². The predicted octanol–water partition coefficient (Wildman–Crippen LogP) is 8.69. The molecule has 0 bridgehead atoms. The summed E-state index contributed by atoms with van der Waals surface area (Å²) in [4.78, 5) is 21.0. The van der Waals surface area contributed by atoms with E-state index in [4.69, 9.17) is 4.99 Å². The number of carbonyl (C=O) groups excluding carboxylic acids is 1. The monoisotopic (exact) mass is 699 g/mol. The van der Waals surface area contributed by atoms with Gasteiger partial charge in [0.05, 0.1) is 15.1 Å². The molecule has 1 fully saturated rings. The summed E-state index contributed by atoms with van der Waals surface area (Å²) in [5, 5.41) is 14.0. The zero-order valence-electron chi connectivity index (χ0n) is 22.6. The first-order valence-corrected chi connectivity index (χ1v) is 16.3. The average Bonchev–Trinajstić information content (AvgIpc) is 3.34. The number of nitrogens with zero attached hydrogens (tertiary/aromatic N) is 2. The zero-order valence-corrected chi connectivity index (χ0v) is 26.5. The summed E-state index contributed by atoms with van der Waals surface area (Å²) in [7, 11) is 0. The number of aromatic hydroxyl groups is 1. The molecule has 4 aromatic carbocycles. The highest BCUT2D eigenvalue weighted by Crippen LogP contribution is 2.50. The van der Waals surface area contributed by atoms with Crippen LogP contribution < -0.4 is 10.2 Å². The molecular weight excluding hydrogens is 674 g/mol. The summed E-state index contributed by atoms with van der Waals surface area (Å²) < 4.78 is 1.35. The number of amides is 1. The number of aliphatic imine (C=N–C) groups is 1. The van der Waals surface area contributed by atoms with Crippen LogP contribution in [0, 0.1) is 0 Å². The van der Waals surface area contributed by atoms with Gasteiger partial charge in [0.2, 0.25) is 0 Å². The molecule has 0 aromatic heterocycles. The van der Waals surface area contributed by atoms with E-state index in [9.17, 15) is 9.90 Å². The van der Waals surface area contributed by atoms with E-state index in [1.54, 1.807) is 18.2 Å². The Balaban J connectivity index is 1.31. The molecule has 210 valence electrons. The highest BCUT2D eigenvalue weighted by molar-refractivity contribution is 9.11. The number of hydrogen-bond acceptors (Lipinski definition) is 5. The lowest BCUT2D eigenvalue weighted by molar-refractivity contribution is -0.115. The minimum Gasteiger partial charge on any atom is -0.506 e. The second-order valence-corrected chi connectivity index (χ2v) is 13.6. The summed E-state index contributed by atoms with van der Waals surface area (Å²) in [5.41, 5.74) is 7.98. The molecule has 0 saturated carbocycles. The van der Waals surface area contributed by atoms with Crippen molar-refractivity contribution in [2.45, 2.75) is 24.7 Å². The summed E-state index contributed by atoms with van der Waals surface area (Å²) in [6, 6.07) is 29.5. The van der Waals surface area contributed by atoms with Crippen molar-refractivity contribution >= 4 is 72.1 Å².